The maximum absolute atomic E-state index is 7.31. The van der Waals surface area contributed by atoms with Gasteiger partial charge in [-0.2, -0.15) is 0 Å². The highest BCUT2D eigenvalue weighted by Crippen LogP contribution is 2.54. The summed E-state index contributed by atoms with van der Waals surface area (Å²) in [4.78, 5) is 0. The SMILES string of the molecule is Cc1ccc(OB(Oc2ccc(C)cc2C)Oc2c(C(C)C)cc(C)c(C)c2-c2c(C)c(C)cc(C(C)C)c2OP(Oc2ccc(C)cc2C)Oc2ccc(C)cc2C)c(C)c1. The molecule has 0 bridgehead atoms. The van der Waals surface area contributed by atoms with Crippen molar-refractivity contribution in [3.8, 4) is 45.6 Å². The Hall–Kier alpha value is -5.39. The Morgan fingerprint density at radius 1 is 0.371 bits per heavy atom. The summed E-state index contributed by atoms with van der Waals surface area (Å²) in [6, 6.07) is 29.1. The molecule has 6 nitrogen and oxygen atoms in total. The number of hydrogen-bond donors (Lipinski definition) is 0. The van der Waals surface area contributed by atoms with E-state index in [4.69, 9.17) is 27.5 Å². The molecule has 6 aromatic carbocycles. The van der Waals surface area contributed by atoms with Gasteiger partial charge in [-0.15, -0.1) is 0 Å². The van der Waals surface area contributed by atoms with Crippen molar-refractivity contribution in [1.82, 2.24) is 0 Å². The van der Waals surface area contributed by atoms with Gasteiger partial charge in [0.1, 0.15) is 34.5 Å². The van der Waals surface area contributed by atoms with Gasteiger partial charge in [-0.3, -0.25) is 0 Å². The van der Waals surface area contributed by atoms with E-state index in [1.54, 1.807) is 0 Å². The van der Waals surface area contributed by atoms with Crippen LogP contribution in [0.25, 0.3) is 11.1 Å². The molecule has 324 valence electrons. The molecule has 62 heavy (non-hydrogen) atoms. The first-order valence-corrected chi connectivity index (χ1v) is 22.8. The lowest BCUT2D eigenvalue weighted by Gasteiger charge is -2.29. The van der Waals surface area contributed by atoms with Crippen LogP contribution < -0.4 is 27.5 Å². The first kappa shape index (κ1) is 46.1. The second-order valence-electron chi connectivity index (χ2n) is 17.7. The number of rotatable bonds is 15. The van der Waals surface area contributed by atoms with Crippen LogP contribution in [0.2, 0.25) is 0 Å². The summed E-state index contributed by atoms with van der Waals surface area (Å²) in [7, 11) is -3.19. The Morgan fingerprint density at radius 3 is 1.06 bits per heavy atom. The van der Waals surface area contributed by atoms with Gasteiger partial charge < -0.3 is 27.5 Å². The van der Waals surface area contributed by atoms with Gasteiger partial charge in [0.15, 0.2) is 0 Å². The zero-order valence-corrected chi connectivity index (χ0v) is 40.6. The zero-order valence-electron chi connectivity index (χ0n) is 39.7. The van der Waals surface area contributed by atoms with Crippen LogP contribution in [0.15, 0.2) is 84.9 Å². The molecule has 6 aromatic rings. The maximum atomic E-state index is 7.31. The molecular weight excluding hydrogens is 786 g/mol. The fourth-order valence-corrected chi connectivity index (χ4v) is 9.04. The van der Waals surface area contributed by atoms with E-state index in [2.05, 4.69) is 145 Å². The van der Waals surface area contributed by atoms with Crippen molar-refractivity contribution in [2.45, 2.75) is 123 Å². The van der Waals surface area contributed by atoms with Crippen LogP contribution >= 0.6 is 8.60 Å². The minimum absolute atomic E-state index is 0.0859. The largest absolute Gasteiger partial charge is 0.864 e. The van der Waals surface area contributed by atoms with E-state index < -0.39 is 15.9 Å². The van der Waals surface area contributed by atoms with E-state index in [0.29, 0.717) is 34.5 Å². The van der Waals surface area contributed by atoms with Crippen LogP contribution in [0.1, 0.15) is 117 Å². The second kappa shape index (κ2) is 19.3. The molecule has 0 aliphatic rings. The highest BCUT2D eigenvalue weighted by molar-refractivity contribution is 7.43. The zero-order chi connectivity index (χ0) is 45.2. The number of hydrogen-bond acceptors (Lipinski definition) is 6. The fraction of sp³-hybridized carbons (Fsp3) is 0.333. The van der Waals surface area contributed by atoms with Crippen molar-refractivity contribution in [1.29, 1.82) is 0 Å². The highest BCUT2D eigenvalue weighted by Gasteiger charge is 2.37. The van der Waals surface area contributed by atoms with Gasteiger partial charge in [-0.1, -0.05) is 111 Å². The van der Waals surface area contributed by atoms with E-state index in [9.17, 15) is 0 Å². The normalized spacial score (nSPS) is 11.3. The molecular formula is C54H64BO6P. The first-order valence-electron chi connectivity index (χ1n) is 21.7. The number of aryl methyl sites for hydroxylation is 10. The van der Waals surface area contributed by atoms with E-state index in [1.807, 2.05) is 50.2 Å². The van der Waals surface area contributed by atoms with Gasteiger partial charge in [0.05, 0.1) is 0 Å². The monoisotopic (exact) mass is 850 g/mol. The molecule has 0 unspecified atom stereocenters. The Labute approximate surface area is 373 Å². The quantitative estimate of drug-likeness (QED) is 0.0758. The average Bonchev–Trinajstić information content (AvgIpc) is 3.19. The van der Waals surface area contributed by atoms with Crippen LogP contribution in [0.5, 0.6) is 34.5 Å². The lowest BCUT2D eigenvalue weighted by molar-refractivity contribution is 0.304. The fourth-order valence-electron chi connectivity index (χ4n) is 7.86. The predicted molar refractivity (Wildman–Crippen MR) is 259 cm³/mol. The van der Waals surface area contributed by atoms with Gasteiger partial charge in [0.25, 0.3) is 0 Å². The summed E-state index contributed by atoms with van der Waals surface area (Å²) in [6.45, 7) is 34.0. The molecule has 8 heteroatoms. The van der Waals surface area contributed by atoms with E-state index in [0.717, 1.165) is 89.0 Å². The van der Waals surface area contributed by atoms with Gasteiger partial charge in [0.2, 0.25) is 0 Å². The lowest BCUT2D eigenvalue weighted by Crippen LogP contribution is -2.38. The molecule has 0 aliphatic heterocycles. The van der Waals surface area contributed by atoms with Gasteiger partial charge in [-0.25, -0.2) is 0 Å². The predicted octanol–water partition coefficient (Wildman–Crippen LogP) is 15.6. The molecule has 0 aliphatic carbocycles. The van der Waals surface area contributed by atoms with Crippen LogP contribution in [-0.4, -0.2) is 7.32 Å². The third-order valence-electron chi connectivity index (χ3n) is 11.6. The Kier molecular flexibility index (Phi) is 14.4. The summed E-state index contributed by atoms with van der Waals surface area (Å²) in [5.41, 5.74) is 16.9. The van der Waals surface area contributed by atoms with Gasteiger partial charge >= 0.3 is 15.9 Å². The summed E-state index contributed by atoms with van der Waals surface area (Å²) < 4.78 is 41.7. The van der Waals surface area contributed by atoms with Crippen LogP contribution in [-0.2, 0) is 0 Å². The van der Waals surface area contributed by atoms with Crippen LogP contribution in [0, 0.1) is 83.1 Å². The minimum atomic E-state index is -2.04. The smallest absolute Gasteiger partial charge is 0.489 e. The molecule has 0 radical (unpaired) electrons. The summed E-state index contributed by atoms with van der Waals surface area (Å²) in [5, 5.41) is 0. The summed E-state index contributed by atoms with van der Waals surface area (Å²) in [5.74, 6) is 4.31. The van der Waals surface area contributed by atoms with E-state index in [1.165, 1.54) is 0 Å². The molecule has 0 heterocycles. The average molecular weight is 851 g/mol. The van der Waals surface area contributed by atoms with Crippen LogP contribution in [0.4, 0.5) is 0 Å². The van der Waals surface area contributed by atoms with Crippen LogP contribution in [0.3, 0.4) is 0 Å². The maximum Gasteiger partial charge on any atom is 0.864 e. The molecule has 0 aromatic heterocycles. The Morgan fingerprint density at radius 2 is 0.710 bits per heavy atom. The standard InChI is InChI=1S/C54H64BO6P/c1-31(2)45-29-37(9)43(15)51(53(45)58-55(56-47-21-17-33(5)25-39(47)11)57-48-22-18-34(6)26-40(48)12)52-44(16)38(10)30-46(32(3)4)54(52)61-62(59-49-23-19-35(7)27-41(49)13)60-50-24-20-36(8)28-42(50)14/h17-32H,1-16H3. The van der Waals surface area contributed by atoms with Crippen molar-refractivity contribution in [2.75, 3.05) is 0 Å². The van der Waals surface area contributed by atoms with E-state index >= 15 is 0 Å². The second-order valence-corrected chi connectivity index (χ2v) is 18.7. The van der Waals surface area contributed by atoms with Crippen molar-refractivity contribution >= 4 is 15.9 Å². The Bertz CT molecular complexity index is 2310. The topological polar surface area (TPSA) is 55.4 Å². The van der Waals surface area contributed by atoms with Gasteiger partial charge in [-0.05, 0) is 175 Å². The van der Waals surface area contributed by atoms with E-state index in [-0.39, 0.29) is 11.8 Å². The summed E-state index contributed by atoms with van der Waals surface area (Å²) >= 11 is 0. The molecule has 0 spiro atoms. The highest BCUT2D eigenvalue weighted by atomic mass is 31.2. The number of benzene rings is 6. The van der Waals surface area contributed by atoms with Crippen molar-refractivity contribution in [3.05, 3.63) is 163 Å². The molecule has 0 amide bonds. The minimum Gasteiger partial charge on any atom is -0.489 e. The summed E-state index contributed by atoms with van der Waals surface area (Å²) in [6.07, 6.45) is 0. The van der Waals surface area contributed by atoms with Gasteiger partial charge in [0, 0.05) is 11.1 Å². The molecule has 0 saturated carbocycles. The first-order chi connectivity index (χ1) is 29.3. The van der Waals surface area contributed by atoms with Crippen molar-refractivity contribution in [2.24, 2.45) is 0 Å². The van der Waals surface area contributed by atoms with Crippen molar-refractivity contribution in [3.63, 3.8) is 0 Å². The molecule has 0 fully saturated rings. The molecule has 0 N–H and O–H groups in total. The lowest BCUT2D eigenvalue weighted by atomic mass is 9.83. The molecule has 0 atom stereocenters. The molecule has 6 rings (SSSR count). The Balaban J connectivity index is 1.60. The third-order valence-corrected chi connectivity index (χ3v) is 12.7. The molecule has 0 saturated heterocycles. The van der Waals surface area contributed by atoms with Crippen molar-refractivity contribution < 1.29 is 27.5 Å². The third kappa shape index (κ3) is 10.4.